The highest BCUT2D eigenvalue weighted by Gasteiger charge is 2.15. The van der Waals surface area contributed by atoms with Gasteiger partial charge in [-0.2, -0.15) is 5.10 Å². The fraction of sp³-hybridized carbons (Fsp3) is 0.107. The van der Waals surface area contributed by atoms with Gasteiger partial charge in [-0.15, -0.1) is 11.3 Å². The molecule has 0 bridgehead atoms. The molecule has 0 aliphatic rings. The molecule has 0 saturated carbocycles. The van der Waals surface area contributed by atoms with Crippen LogP contribution in [0.2, 0.25) is 0 Å². The van der Waals surface area contributed by atoms with E-state index in [1.54, 1.807) is 53.9 Å². The summed E-state index contributed by atoms with van der Waals surface area (Å²) in [5, 5.41) is 5.67. The number of thiophene rings is 1. The van der Waals surface area contributed by atoms with E-state index in [0.717, 1.165) is 16.9 Å². The molecular weight excluding hydrogens is 554 g/mol. The van der Waals surface area contributed by atoms with E-state index >= 15 is 0 Å². The van der Waals surface area contributed by atoms with Crippen LogP contribution in [0.5, 0.6) is 11.5 Å². The summed E-state index contributed by atoms with van der Waals surface area (Å²) < 4.78 is 43.3. The number of hydrogen-bond acceptors (Lipinski definition) is 9. The van der Waals surface area contributed by atoms with E-state index in [9.17, 15) is 18.0 Å². The molecular formula is C28H25N3O7S2. The van der Waals surface area contributed by atoms with Crippen molar-refractivity contribution >= 4 is 45.1 Å². The van der Waals surface area contributed by atoms with Gasteiger partial charge in [0.05, 0.1) is 26.0 Å². The molecule has 0 unspecified atom stereocenters. The van der Waals surface area contributed by atoms with Crippen LogP contribution in [0.25, 0.3) is 0 Å². The van der Waals surface area contributed by atoms with E-state index in [1.165, 1.54) is 50.8 Å². The van der Waals surface area contributed by atoms with Crippen molar-refractivity contribution in [2.24, 2.45) is 5.10 Å². The first-order valence-electron chi connectivity index (χ1n) is 11.8. The van der Waals surface area contributed by atoms with Crippen molar-refractivity contribution in [3.8, 4) is 11.5 Å². The number of amides is 1. The highest BCUT2D eigenvalue weighted by Crippen LogP contribution is 2.28. The Morgan fingerprint density at radius 3 is 2.30 bits per heavy atom. The number of sulfonamides is 1. The van der Waals surface area contributed by atoms with E-state index < -0.39 is 21.9 Å². The zero-order valence-electron chi connectivity index (χ0n) is 21.5. The molecule has 2 N–H and O–H groups in total. The van der Waals surface area contributed by atoms with Gasteiger partial charge in [0, 0.05) is 11.3 Å². The Morgan fingerprint density at radius 2 is 1.65 bits per heavy atom. The van der Waals surface area contributed by atoms with Crippen LogP contribution in [0.15, 0.2) is 93.6 Å². The molecule has 12 heteroatoms. The molecule has 4 rings (SSSR count). The number of anilines is 1. The highest BCUT2D eigenvalue weighted by molar-refractivity contribution is 7.94. The molecule has 1 aromatic heterocycles. The third-order valence-corrected chi connectivity index (χ3v) is 8.27. The van der Waals surface area contributed by atoms with Gasteiger partial charge in [0.2, 0.25) is 0 Å². The molecule has 1 heterocycles. The first kappa shape index (κ1) is 28.3. The number of ether oxygens (including phenoxy) is 3. The molecule has 0 spiro atoms. The molecule has 0 atom stereocenters. The zero-order chi connectivity index (χ0) is 28.5. The zero-order valence-corrected chi connectivity index (χ0v) is 23.1. The summed E-state index contributed by atoms with van der Waals surface area (Å²) in [5.41, 5.74) is 5.05. The second-order valence-electron chi connectivity index (χ2n) is 8.20. The number of carbonyl (C=O) groups is 2. The lowest BCUT2D eigenvalue weighted by atomic mass is 10.1. The smallest absolute Gasteiger partial charge is 0.337 e. The van der Waals surface area contributed by atoms with Crippen molar-refractivity contribution in [3.05, 3.63) is 106 Å². The molecule has 0 aliphatic carbocycles. The second-order valence-corrected chi connectivity index (χ2v) is 11.1. The van der Waals surface area contributed by atoms with Crippen LogP contribution < -0.4 is 19.6 Å². The lowest BCUT2D eigenvalue weighted by Gasteiger charge is -2.11. The first-order valence-corrected chi connectivity index (χ1v) is 14.1. The number of carbonyl (C=O) groups excluding carboxylic acids is 2. The Bertz CT molecular complexity index is 1600. The summed E-state index contributed by atoms with van der Waals surface area (Å²) in [6.45, 7) is 0.260. The highest BCUT2D eigenvalue weighted by atomic mass is 32.2. The third kappa shape index (κ3) is 7.24. The molecule has 206 valence electrons. The number of hydrogen-bond donors (Lipinski definition) is 2. The molecule has 4 aromatic rings. The third-order valence-electron chi connectivity index (χ3n) is 5.50. The van der Waals surface area contributed by atoms with Crippen LogP contribution in [-0.4, -0.2) is 40.7 Å². The van der Waals surface area contributed by atoms with Gasteiger partial charge in [-0.3, -0.25) is 9.52 Å². The summed E-state index contributed by atoms with van der Waals surface area (Å²) in [7, 11) is -0.827. The van der Waals surface area contributed by atoms with Crippen LogP contribution in [0, 0.1) is 0 Å². The number of rotatable bonds is 11. The number of nitrogens with zero attached hydrogens (tertiary/aromatic N) is 1. The van der Waals surface area contributed by atoms with Crippen molar-refractivity contribution in [1.29, 1.82) is 0 Å². The van der Waals surface area contributed by atoms with Gasteiger partial charge in [-0.1, -0.05) is 18.2 Å². The minimum atomic E-state index is -3.67. The van der Waals surface area contributed by atoms with Gasteiger partial charge in [-0.05, 0) is 77.2 Å². The van der Waals surface area contributed by atoms with E-state index in [0.29, 0.717) is 33.9 Å². The van der Waals surface area contributed by atoms with Crippen LogP contribution in [0.3, 0.4) is 0 Å². The largest absolute Gasteiger partial charge is 0.493 e. The summed E-state index contributed by atoms with van der Waals surface area (Å²) in [6, 6.07) is 21.2. The summed E-state index contributed by atoms with van der Waals surface area (Å²) in [4.78, 5) is 24.0. The Morgan fingerprint density at radius 1 is 0.925 bits per heavy atom. The predicted octanol–water partition coefficient (Wildman–Crippen LogP) is 4.69. The average Bonchev–Trinajstić information content (AvgIpc) is 3.53. The van der Waals surface area contributed by atoms with E-state index in [1.807, 2.05) is 0 Å². The molecule has 40 heavy (non-hydrogen) atoms. The Balaban J connectivity index is 1.32. The molecule has 10 nitrogen and oxygen atoms in total. The second kappa shape index (κ2) is 12.9. The van der Waals surface area contributed by atoms with Crippen LogP contribution >= 0.6 is 11.3 Å². The Hall–Kier alpha value is -4.68. The normalized spacial score (nSPS) is 11.2. The van der Waals surface area contributed by atoms with Gasteiger partial charge in [-0.25, -0.2) is 18.6 Å². The Labute approximate surface area is 235 Å². The molecule has 0 radical (unpaired) electrons. The summed E-state index contributed by atoms with van der Waals surface area (Å²) >= 11 is 1.11. The minimum Gasteiger partial charge on any atom is -0.493 e. The molecule has 1 amide bonds. The first-order chi connectivity index (χ1) is 19.3. The van der Waals surface area contributed by atoms with Crippen molar-refractivity contribution in [2.45, 2.75) is 10.8 Å². The summed E-state index contributed by atoms with van der Waals surface area (Å²) in [5.74, 6) is 0.113. The number of methoxy groups -OCH3 is 2. The van der Waals surface area contributed by atoms with Gasteiger partial charge in [0.15, 0.2) is 11.5 Å². The van der Waals surface area contributed by atoms with E-state index in [2.05, 4.69) is 15.2 Å². The fourth-order valence-corrected chi connectivity index (χ4v) is 5.49. The minimum absolute atomic E-state index is 0.201. The standard InChI is InChI=1S/C28H25N3O7S2/c1-36-25-16-20(7-14-24(25)38-18-19-5-8-22(9-6-19)28(33)37-2)17-29-30-27(32)21-10-12-23(13-11-21)31-40(34,35)26-4-3-15-39-26/h3-17,31H,18H2,1-2H3,(H,30,32)/b29-17+. The van der Waals surface area contributed by atoms with Gasteiger partial charge >= 0.3 is 5.97 Å². The molecule has 0 saturated heterocycles. The monoisotopic (exact) mass is 579 g/mol. The van der Waals surface area contributed by atoms with Crippen molar-refractivity contribution in [1.82, 2.24) is 5.43 Å². The molecule has 3 aromatic carbocycles. The van der Waals surface area contributed by atoms with Gasteiger partial charge in [0.25, 0.3) is 15.9 Å². The number of hydrazone groups is 1. The van der Waals surface area contributed by atoms with Gasteiger partial charge < -0.3 is 14.2 Å². The van der Waals surface area contributed by atoms with Crippen molar-refractivity contribution in [2.75, 3.05) is 18.9 Å². The lowest BCUT2D eigenvalue weighted by molar-refractivity contribution is 0.0600. The van der Waals surface area contributed by atoms with Crippen LogP contribution in [-0.2, 0) is 21.4 Å². The van der Waals surface area contributed by atoms with Crippen LogP contribution in [0.4, 0.5) is 5.69 Å². The summed E-state index contributed by atoms with van der Waals surface area (Å²) in [6.07, 6.45) is 1.46. The molecule has 0 fully saturated rings. The maximum Gasteiger partial charge on any atom is 0.337 e. The number of nitrogens with one attached hydrogen (secondary N) is 2. The average molecular weight is 580 g/mol. The van der Waals surface area contributed by atoms with Crippen molar-refractivity contribution < 1.29 is 32.2 Å². The maximum atomic E-state index is 12.5. The topological polar surface area (TPSA) is 132 Å². The lowest BCUT2D eigenvalue weighted by Crippen LogP contribution is -2.17. The van der Waals surface area contributed by atoms with E-state index in [4.69, 9.17) is 14.2 Å². The predicted molar refractivity (Wildman–Crippen MR) is 152 cm³/mol. The molecule has 0 aliphatic heterocycles. The van der Waals surface area contributed by atoms with E-state index in [-0.39, 0.29) is 10.8 Å². The maximum absolute atomic E-state index is 12.5. The quantitative estimate of drug-likeness (QED) is 0.150. The number of esters is 1. The van der Waals surface area contributed by atoms with Gasteiger partial charge in [0.1, 0.15) is 10.8 Å². The van der Waals surface area contributed by atoms with Crippen molar-refractivity contribution in [3.63, 3.8) is 0 Å². The van der Waals surface area contributed by atoms with Crippen LogP contribution in [0.1, 0.15) is 31.8 Å². The number of benzene rings is 3. The SMILES string of the molecule is COC(=O)c1ccc(COc2ccc(/C=N/NC(=O)c3ccc(NS(=O)(=O)c4cccs4)cc3)cc2OC)cc1. The fourth-order valence-electron chi connectivity index (χ4n) is 3.44. The Kier molecular flexibility index (Phi) is 9.15.